The second-order valence-corrected chi connectivity index (χ2v) is 12.1. The van der Waals surface area contributed by atoms with Gasteiger partial charge in [0.15, 0.2) is 0 Å². The zero-order valence-corrected chi connectivity index (χ0v) is 27.0. The molecular formula is C36H41ClN4O5. The lowest BCUT2D eigenvalue weighted by Crippen LogP contribution is -2.53. The maximum absolute atomic E-state index is 14.4. The van der Waals surface area contributed by atoms with Crippen molar-refractivity contribution in [3.63, 3.8) is 0 Å². The van der Waals surface area contributed by atoms with Crippen LogP contribution in [0.4, 0.5) is 0 Å². The average Bonchev–Trinajstić information content (AvgIpc) is 3.38. The summed E-state index contributed by atoms with van der Waals surface area (Å²) in [7, 11) is 0. The summed E-state index contributed by atoms with van der Waals surface area (Å²) in [6.45, 7) is 4.24. The van der Waals surface area contributed by atoms with Crippen LogP contribution in [-0.2, 0) is 27.2 Å². The molecule has 0 unspecified atom stereocenters. The molecule has 1 heterocycles. The van der Waals surface area contributed by atoms with Crippen molar-refractivity contribution in [1.29, 1.82) is 0 Å². The zero-order valence-electron chi connectivity index (χ0n) is 26.2. The van der Waals surface area contributed by atoms with Gasteiger partial charge in [0, 0.05) is 53.5 Å². The number of nitrogens with two attached hydrogens (primary N) is 1. The molecule has 9 nitrogen and oxygen atoms in total. The van der Waals surface area contributed by atoms with Gasteiger partial charge in [0.2, 0.25) is 11.8 Å². The first kappa shape index (κ1) is 34.2. The highest BCUT2D eigenvalue weighted by atomic mass is 35.5. The Morgan fingerprint density at radius 3 is 2.37 bits per heavy atom. The highest BCUT2D eigenvalue weighted by Crippen LogP contribution is 2.27. The Morgan fingerprint density at radius 2 is 1.70 bits per heavy atom. The Balaban J connectivity index is 1.69. The predicted octanol–water partition coefficient (Wildman–Crippen LogP) is 5.80. The Labute approximate surface area is 274 Å². The van der Waals surface area contributed by atoms with Gasteiger partial charge in [-0.2, -0.15) is 0 Å². The molecule has 3 aromatic carbocycles. The van der Waals surface area contributed by atoms with Crippen molar-refractivity contribution in [1.82, 2.24) is 15.2 Å². The SMILES string of the molecule is CCCN(C(=O)[C@H](CCCC(=O)O)NC(=O)c1c(Cc2ccccc2Cl)[nH]c2ccccc12)[C@H](CC(N)=O)Cc1ccc(C)cc1. The number of para-hydroxylation sites is 1. The van der Waals surface area contributed by atoms with Crippen LogP contribution in [-0.4, -0.2) is 57.3 Å². The molecule has 0 aliphatic carbocycles. The molecule has 1 aromatic heterocycles. The number of halogens is 1. The van der Waals surface area contributed by atoms with Crippen molar-refractivity contribution >= 4 is 46.2 Å². The van der Waals surface area contributed by atoms with Crippen LogP contribution in [0, 0.1) is 6.92 Å². The minimum atomic E-state index is -1.03. The Hall–Kier alpha value is -4.63. The molecule has 0 saturated heterocycles. The van der Waals surface area contributed by atoms with Gasteiger partial charge in [0.05, 0.1) is 5.56 Å². The largest absolute Gasteiger partial charge is 0.481 e. The molecule has 2 atom stereocenters. The molecule has 10 heteroatoms. The van der Waals surface area contributed by atoms with E-state index in [0.29, 0.717) is 47.5 Å². The quantitative estimate of drug-likeness (QED) is 0.122. The highest BCUT2D eigenvalue weighted by molar-refractivity contribution is 6.31. The minimum Gasteiger partial charge on any atom is -0.481 e. The number of amides is 3. The molecule has 3 amide bonds. The fourth-order valence-corrected chi connectivity index (χ4v) is 6.00. The number of rotatable bonds is 16. The van der Waals surface area contributed by atoms with Crippen molar-refractivity contribution in [2.45, 2.75) is 70.9 Å². The number of aliphatic carboxylic acids is 1. The number of primary amides is 1. The fraction of sp³-hybridized carbons (Fsp3) is 0.333. The van der Waals surface area contributed by atoms with Crippen LogP contribution in [0.5, 0.6) is 0 Å². The average molecular weight is 645 g/mol. The summed E-state index contributed by atoms with van der Waals surface area (Å²) in [6.07, 6.45) is 1.42. The summed E-state index contributed by atoms with van der Waals surface area (Å²) in [4.78, 5) is 57.1. The number of carbonyl (C=O) groups is 4. The van der Waals surface area contributed by atoms with E-state index >= 15 is 0 Å². The number of carboxylic acid groups (broad SMARTS) is 1. The highest BCUT2D eigenvalue weighted by Gasteiger charge is 2.32. The van der Waals surface area contributed by atoms with Gasteiger partial charge in [-0.05, 0) is 55.9 Å². The molecule has 4 rings (SSSR count). The van der Waals surface area contributed by atoms with E-state index in [1.54, 1.807) is 11.0 Å². The van der Waals surface area contributed by atoms with Gasteiger partial charge in [-0.1, -0.05) is 84.8 Å². The lowest BCUT2D eigenvalue weighted by Gasteiger charge is -2.34. The number of H-pyrrole nitrogens is 1. The van der Waals surface area contributed by atoms with Gasteiger partial charge in [0.1, 0.15) is 6.04 Å². The number of nitrogens with zero attached hydrogens (tertiary/aromatic N) is 1. The van der Waals surface area contributed by atoms with E-state index in [2.05, 4.69) is 10.3 Å². The van der Waals surface area contributed by atoms with Gasteiger partial charge >= 0.3 is 5.97 Å². The molecule has 0 radical (unpaired) electrons. The molecule has 0 fully saturated rings. The third-order valence-corrected chi connectivity index (χ3v) is 8.41. The molecular weight excluding hydrogens is 604 g/mol. The van der Waals surface area contributed by atoms with Gasteiger partial charge in [0.25, 0.3) is 5.91 Å². The van der Waals surface area contributed by atoms with Gasteiger partial charge < -0.3 is 26.0 Å². The van der Waals surface area contributed by atoms with Crippen LogP contribution in [0.2, 0.25) is 5.02 Å². The molecule has 0 saturated carbocycles. The molecule has 4 aromatic rings. The van der Waals surface area contributed by atoms with E-state index in [4.69, 9.17) is 17.3 Å². The number of benzene rings is 3. The lowest BCUT2D eigenvalue weighted by molar-refractivity contribution is -0.139. The van der Waals surface area contributed by atoms with Crippen molar-refractivity contribution in [2.75, 3.05) is 6.54 Å². The smallest absolute Gasteiger partial charge is 0.303 e. The number of aromatic nitrogens is 1. The first-order chi connectivity index (χ1) is 22.1. The van der Waals surface area contributed by atoms with Crippen LogP contribution < -0.4 is 11.1 Å². The molecule has 242 valence electrons. The van der Waals surface area contributed by atoms with E-state index in [1.807, 2.05) is 80.6 Å². The number of carboxylic acids is 1. The van der Waals surface area contributed by atoms with Crippen molar-refractivity contribution in [3.8, 4) is 0 Å². The third-order valence-electron chi connectivity index (χ3n) is 8.04. The Kier molecular flexibility index (Phi) is 12.0. The maximum Gasteiger partial charge on any atom is 0.303 e. The summed E-state index contributed by atoms with van der Waals surface area (Å²) in [5.74, 6) is -2.38. The van der Waals surface area contributed by atoms with Crippen molar-refractivity contribution in [2.24, 2.45) is 5.73 Å². The standard InChI is InChI=1S/C36H41ClN4O5/c1-3-19-41(26(22-32(38)42)20-24-17-15-23(2)16-18-24)36(46)30(13-8-14-33(43)44)40-35(45)34-27-10-5-7-12-29(27)39-31(34)21-25-9-4-6-11-28(25)37/h4-7,9-12,15-18,26,30,39H,3,8,13-14,19-22H2,1-2H3,(H2,38,42)(H,40,45)(H,43,44)/t26-,30-/m0/s1. The number of hydrogen-bond acceptors (Lipinski definition) is 4. The summed E-state index contributed by atoms with van der Waals surface area (Å²) in [5.41, 5.74) is 10.3. The normalized spacial score (nSPS) is 12.4. The number of aryl methyl sites for hydroxylation is 1. The van der Waals surface area contributed by atoms with E-state index in [-0.39, 0.29) is 31.6 Å². The summed E-state index contributed by atoms with van der Waals surface area (Å²) >= 11 is 6.46. The fourth-order valence-electron chi connectivity index (χ4n) is 5.80. The number of nitrogens with one attached hydrogen (secondary N) is 2. The molecule has 46 heavy (non-hydrogen) atoms. The molecule has 0 aliphatic rings. The first-order valence-electron chi connectivity index (χ1n) is 15.6. The van der Waals surface area contributed by atoms with Gasteiger partial charge in [-0.25, -0.2) is 0 Å². The lowest BCUT2D eigenvalue weighted by atomic mass is 9.98. The monoisotopic (exact) mass is 644 g/mol. The number of hydrogen-bond donors (Lipinski definition) is 4. The molecule has 5 N–H and O–H groups in total. The van der Waals surface area contributed by atoms with Crippen LogP contribution in [0.25, 0.3) is 10.9 Å². The summed E-state index contributed by atoms with van der Waals surface area (Å²) < 4.78 is 0. The number of aromatic amines is 1. The van der Waals surface area contributed by atoms with E-state index in [0.717, 1.165) is 22.2 Å². The van der Waals surface area contributed by atoms with E-state index in [1.165, 1.54) is 0 Å². The van der Waals surface area contributed by atoms with Crippen LogP contribution in [0.15, 0.2) is 72.8 Å². The van der Waals surface area contributed by atoms with Crippen molar-refractivity contribution < 1.29 is 24.3 Å². The second kappa shape index (κ2) is 16.1. The maximum atomic E-state index is 14.4. The predicted molar refractivity (Wildman–Crippen MR) is 180 cm³/mol. The summed E-state index contributed by atoms with van der Waals surface area (Å²) in [6, 6.07) is 21.1. The van der Waals surface area contributed by atoms with E-state index < -0.39 is 29.9 Å². The molecule has 0 aliphatic heterocycles. The van der Waals surface area contributed by atoms with Gasteiger partial charge in [-0.3, -0.25) is 19.2 Å². The number of carbonyl (C=O) groups excluding carboxylic acids is 3. The van der Waals surface area contributed by atoms with Crippen LogP contribution in [0.3, 0.4) is 0 Å². The first-order valence-corrected chi connectivity index (χ1v) is 15.9. The summed E-state index contributed by atoms with van der Waals surface area (Å²) in [5, 5.41) is 13.5. The van der Waals surface area contributed by atoms with Crippen molar-refractivity contribution in [3.05, 3.63) is 106 Å². The molecule has 0 spiro atoms. The van der Waals surface area contributed by atoms with Crippen LogP contribution >= 0.6 is 11.6 Å². The zero-order chi connectivity index (χ0) is 33.2. The second-order valence-electron chi connectivity index (χ2n) is 11.6. The van der Waals surface area contributed by atoms with E-state index in [9.17, 15) is 24.3 Å². The minimum absolute atomic E-state index is 0.0557. The Morgan fingerprint density at radius 1 is 1.00 bits per heavy atom. The Bertz CT molecular complexity index is 1680. The topological polar surface area (TPSA) is 146 Å². The number of fused-ring (bicyclic) bond motifs is 1. The van der Waals surface area contributed by atoms with Gasteiger partial charge in [-0.15, -0.1) is 0 Å². The molecule has 0 bridgehead atoms. The van der Waals surface area contributed by atoms with Crippen LogP contribution in [0.1, 0.15) is 71.8 Å². The third kappa shape index (κ3) is 8.97.